The third-order valence-corrected chi connectivity index (χ3v) is 9.25. The molecule has 0 spiro atoms. The molecular formula is C46H31NO. The summed E-state index contributed by atoms with van der Waals surface area (Å²) in [5.41, 5.74) is 12.2. The highest BCUT2D eigenvalue weighted by molar-refractivity contribution is 6.22. The van der Waals surface area contributed by atoms with Gasteiger partial charge < -0.3 is 9.32 Å². The van der Waals surface area contributed by atoms with Crippen molar-refractivity contribution in [3.05, 3.63) is 188 Å². The minimum atomic E-state index is 0.865. The van der Waals surface area contributed by atoms with Crippen LogP contribution in [0.4, 0.5) is 17.1 Å². The summed E-state index contributed by atoms with van der Waals surface area (Å²) >= 11 is 0. The van der Waals surface area contributed by atoms with Crippen LogP contribution in [0.3, 0.4) is 0 Å². The maximum atomic E-state index is 6.76. The fraction of sp³-hybridized carbons (Fsp3) is 0. The first-order valence-corrected chi connectivity index (χ1v) is 16.4. The van der Waals surface area contributed by atoms with E-state index in [9.17, 15) is 0 Å². The SMILES string of the molecule is c1ccc(-c2ccc(-c3cc4c(oc5cccc(N(c6ccccc6)c6cccc(-c7ccccc7)c6)c54)c4ccccc34)cc2)cc1. The lowest BCUT2D eigenvalue weighted by Crippen LogP contribution is -2.10. The van der Waals surface area contributed by atoms with Gasteiger partial charge in [0.1, 0.15) is 11.2 Å². The van der Waals surface area contributed by atoms with Crippen molar-refractivity contribution in [3.8, 4) is 33.4 Å². The Morgan fingerprint density at radius 3 is 1.62 bits per heavy atom. The number of fused-ring (bicyclic) bond motifs is 5. The number of para-hydroxylation sites is 1. The van der Waals surface area contributed by atoms with Crippen molar-refractivity contribution in [2.75, 3.05) is 4.90 Å². The molecule has 48 heavy (non-hydrogen) atoms. The number of furan rings is 1. The van der Waals surface area contributed by atoms with E-state index in [1.54, 1.807) is 0 Å². The highest BCUT2D eigenvalue weighted by Gasteiger charge is 2.22. The Balaban J connectivity index is 1.28. The number of hydrogen-bond donors (Lipinski definition) is 0. The molecule has 0 aliphatic rings. The zero-order valence-corrected chi connectivity index (χ0v) is 26.3. The van der Waals surface area contributed by atoms with E-state index in [1.165, 1.54) is 38.8 Å². The summed E-state index contributed by atoms with van der Waals surface area (Å²) < 4.78 is 6.76. The second-order valence-electron chi connectivity index (χ2n) is 12.1. The molecule has 0 N–H and O–H groups in total. The number of hydrogen-bond acceptors (Lipinski definition) is 2. The maximum Gasteiger partial charge on any atom is 0.143 e. The molecule has 0 unspecified atom stereocenters. The standard InChI is InChI=1S/C46H31NO/c1-4-14-32(15-5-1)34-26-28-35(29-27-34)41-31-42-45-43(24-13-25-44(45)48-46(42)40-23-11-10-22-39(40)41)47(37-19-8-3-9-20-37)38-21-12-18-36(30-38)33-16-6-2-7-17-33/h1-31H. The molecule has 0 aliphatic carbocycles. The number of rotatable bonds is 6. The summed E-state index contributed by atoms with van der Waals surface area (Å²) in [4.78, 5) is 2.35. The molecule has 2 heteroatoms. The van der Waals surface area contributed by atoms with E-state index >= 15 is 0 Å². The van der Waals surface area contributed by atoms with Gasteiger partial charge in [0, 0.05) is 22.1 Å². The van der Waals surface area contributed by atoms with E-state index < -0.39 is 0 Å². The van der Waals surface area contributed by atoms with Crippen molar-refractivity contribution in [1.82, 2.24) is 0 Å². The second kappa shape index (κ2) is 11.8. The lowest BCUT2D eigenvalue weighted by Gasteiger charge is -2.26. The largest absolute Gasteiger partial charge is 0.455 e. The van der Waals surface area contributed by atoms with E-state index in [0.717, 1.165) is 44.4 Å². The maximum absolute atomic E-state index is 6.76. The fourth-order valence-electron chi connectivity index (χ4n) is 6.99. The molecule has 9 rings (SSSR count). The average molecular weight is 614 g/mol. The van der Waals surface area contributed by atoms with Crippen LogP contribution in [-0.4, -0.2) is 0 Å². The van der Waals surface area contributed by atoms with Gasteiger partial charge in [-0.15, -0.1) is 0 Å². The monoisotopic (exact) mass is 613 g/mol. The van der Waals surface area contributed by atoms with Crippen LogP contribution in [0.25, 0.3) is 66.1 Å². The molecule has 0 fully saturated rings. The third-order valence-electron chi connectivity index (χ3n) is 9.25. The minimum absolute atomic E-state index is 0.865. The molecule has 226 valence electrons. The van der Waals surface area contributed by atoms with Crippen molar-refractivity contribution in [3.63, 3.8) is 0 Å². The van der Waals surface area contributed by atoms with Crippen LogP contribution >= 0.6 is 0 Å². The van der Waals surface area contributed by atoms with E-state index in [4.69, 9.17) is 4.42 Å². The Bertz CT molecular complexity index is 2530. The Morgan fingerprint density at radius 1 is 0.354 bits per heavy atom. The molecule has 0 aliphatic heterocycles. The van der Waals surface area contributed by atoms with Crippen LogP contribution in [0.1, 0.15) is 0 Å². The van der Waals surface area contributed by atoms with Gasteiger partial charge in [-0.25, -0.2) is 0 Å². The number of anilines is 3. The second-order valence-corrected chi connectivity index (χ2v) is 12.1. The Morgan fingerprint density at radius 2 is 0.896 bits per heavy atom. The summed E-state index contributed by atoms with van der Waals surface area (Å²) in [6.45, 7) is 0. The zero-order valence-electron chi connectivity index (χ0n) is 26.3. The number of nitrogens with zero attached hydrogens (tertiary/aromatic N) is 1. The van der Waals surface area contributed by atoms with Crippen molar-refractivity contribution < 1.29 is 4.42 Å². The molecule has 1 heterocycles. The summed E-state index contributed by atoms with van der Waals surface area (Å²) in [5.74, 6) is 0. The smallest absolute Gasteiger partial charge is 0.143 e. The zero-order chi connectivity index (χ0) is 31.9. The Kier molecular flexibility index (Phi) is 6.84. The first-order valence-electron chi connectivity index (χ1n) is 16.4. The molecular weight excluding hydrogens is 583 g/mol. The summed E-state index contributed by atoms with van der Waals surface area (Å²) in [6, 6.07) is 66.8. The number of benzene rings is 8. The predicted molar refractivity (Wildman–Crippen MR) is 202 cm³/mol. The first-order chi connectivity index (χ1) is 23.8. The normalized spacial score (nSPS) is 11.3. The quantitative estimate of drug-likeness (QED) is 0.185. The van der Waals surface area contributed by atoms with Crippen molar-refractivity contribution in [1.29, 1.82) is 0 Å². The van der Waals surface area contributed by atoms with Crippen LogP contribution in [0.2, 0.25) is 0 Å². The molecule has 0 radical (unpaired) electrons. The Labute approximate surface area is 279 Å². The van der Waals surface area contributed by atoms with Crippen LogP contribution in [0.5, 0.6) is 0 Å². The van der Waals surface area contributed by atoms with Gasteiger partial charge in [0.15, 0.2) is 0 Å². The van der Waals surface area contributed by atoms with Crippen molar-refractivity contribution in [2.24, 2.45) is 0 Å². The molecule has 8 aromatic carbocycles. The predicted octanol–water partition coefficient (Wildman–Crippen LogP) is 13.2. The highest BCUT2D eigenvalue weighted by Crippen LogP contribution is 2.46. The summed E-state index contributed by atoms with van der Waals surface area (Å²) in [7, 11) is 0. The van der Waals surface area contributed by atoms with Crippen LogP contribution in [0, 0.1) is 0 Å². The van der Waals surface area contributed by atoms with Gasteiger partial charge in [-0.1, -0.05) is 146 Å². The van der Waals surface area contributed by atoms with Crippen molar-refractivity contribution >= 4 is 49.8 Å². The van der Waals surface area contributed by atoms with Gasteiger partial charge in [0.2, 0.25) is 0 Å². The van der Waals surface area contributed by atoms with E-state index in [2.05, 4.69) is 193 Å². The molecule has 0 bridgehead atoms. The third kappa shape index (κ3) is 4.83. The topological polar surface area (TPSA) is 16.4 Å². The lowest BCUT2D eigenvalue weighted by atomic mass is 9.93. The fourth-order valence-corrected chi connectivity index (χ4v) is 6.99. The Hall–Kier alpha value is -6.38. The molecule has 0 amide bonds. The van der Waals surface area contributed by atoms with E-state index in [-0.39, 0.29) is 0 Å². The van der Waals surface area contributed by atoms with Gasteiger partial charge in [-0.05, 0) is 81.2 Å². The van der Waals surface area contributed by atoms with E-state index in [1.807, 2.05) is 0 Å². The van der Waals surface area contributed by atoms with Gasteiger partial charge in [-0.3, -0.25) is 0 Å². The highest BCUT2D eigenvalue weighted by atomic mass is 16.3. The van der Waals surface area contributed by atoms with Gasteiger partial charge in [-0.2, -0.15) is 0 Å². The first kappa shape index (κ1) is 27.9. The van der Waals surface area contributed by atoms with Gasteiger partial charge in [0.25, 0.3) is 0 Å². The summed E-state index contributed by atoms with van der Waals surface area (Å²) in [6.07, 6.45) is 0. The van der Waals surface area contributed by atoms with E-state index in [0.29, 0.717) is 0 Å². The molecule has 2 nitrogen and oxygen atoms in total. The van der Waals surface area contributed by atoms with Crippen LogP contribution in [-0.2, 0) is 0 Å². The average Bonchev–Trinajstić information content (AvgIpc) is 3.56. The molecule has 0 atom stereocenters. The molecule has 0 saturated carbocycles. The molecule has 0 saturated heterocycles. The van der Waals surface area contributed by atoms with Crippen LogP contribution in [0.15, 0.2) is 192 Å². The van der Waals surface area contributed by atoms with Gasteiger partial charge >= 0.3 is 0 Å². The minimum Gasteiger partial charge on any atom is -0.455 e. The molecule has 1 aromatic heterocycles. The van der Waals surface area contributed by atoms with Crippen LogP contribution < -0.4 is 4.90 Å². The molecule has 9 aromatic rings. The lowest BCUT2D eigenvalue weighted by molar-refractivity contribution is 0.672. The van der Waals surface area contributed by atoms with Gasteiger partial charge in [0.05, 0.1) is 11.1 Å². The summed E-state index contributed by atoms with van der Waals surface area (Å²) in [5, 5.41) is 4.47. The van der Waals surface area contributed by atoms with Crippen molar-refractivity contribution in [2.45, 2.75) is 0 Å².